The average Bonchev–Trinajstić information content (AvgIpc) is 2.92. The highest BCUT2D eigenvalue weighted by atomic mass is 32.1. The Bertz CT molecular complexity index is 482. The summed E-state index contributed by atoms with van der Waals surface area (Å²) in [5.74, 6) is 0.869. The van der Waals surface area contributed by atoms with E-state index in [0.717, 1.165) is 18.9 Å². The lowest BCUT2D eigenvalue weighted by atomic mass is 10.1. The molecular formula is C15H19NS2. The highest BCUT2D eigenvalue weighted by Gasteiger charge is 2.32. The topological polar surface area (TPSA) is 12.0 Å². The molecule has 0 spiro atoms. The van der Waals surface area contributed by atoms with E-state index in [-0.39, 0.29) is 0 Å². The summed E-state index contributed by atoms with van der Waals surface area (Å²) in [7, 11) is 0. The van der Waals surface area contributed by atoms with Crippen LogP contribution in [0.2, 0.25) is 0 Å². The first-order valence-corrected chi connectivity index (χ1v) is 8.46. The van der Waals surface area contributed by atoms with Crippen molar-refractivity contribution in [3.8, 4) is 0 Å². The van der Waals surface area contributed by atoms with Crippen LogP contribution in [0.5, 0.6) is 0 Å². The first-order chi connectivity index (χ1) is 8.88. The normalized spacial score (nSPS) is 16.9. The molecule has 1 aliphatic rings. The van der Waals surface area contributed by atoms with Gasteiger partial charge in [0.05, 0.1) is 0 Å². The van der Waals surface area contributed by atoms with Gasteiger partial charge in [-0.1, -0.05) is 13.0 Å². The van der Waals surface area contributed by atoms with E-state index < -0.39 is 0 Å². The predicted octanol–water partition coefficient (Wildman–Crippen LogP) is 4.61. The Morgan fingerprint density at radius 1 is 1.28 bits per heavy atom. The van der Waals surface area contributed by atoms with Gasteiger partial charge >= 0.3 is 0 Å². The van der Waals surface area contributed by atoms with Gasteiger partial charge in [-0.25, -0.2) is 0 Å². The number of nitrogens with one attached hydrogen (secondary N) is 1. The van der Waals surface area contributed by atoms with Crippen LogP contribution in [0.15, 0.2) is 29.0 Å². The van der Waals surface area contributed by atoms with Gasteiger partial charge in [0.15, 0.2) is 0 Å². The standard InChI is InChI=1S/C15H19NS2/c1-2-11-7-9-18-14(11)10-16-15(12-5-6-12)13-4-3-8-17-13/h3-4,7-9,12,15-16H,2,5-6,10H2,1H3. The molecule has 1 atom stereocenters. The number of thiophene rings is 2. The summed E-state index contributed by atoms with van der Waals surface area (Å²) in [4.78, 5) is 3.02. The van der Waals surface area contributed by atoms with Crippen LogP contribution in [-0.2, 0) is 13.0 Å². The van der Waals surface area contributed by atoms with Crippen molar-refractivity contribution in [2.45, 2.75) is 38.8 Å². The van der Waals surface area contributed by atoms with Crippen molar-refractivity contribution in [2.24, 2.45) is 5.92 Å². The largest absolute Gasteiger partial charge is 0.304 e. The van der Waals surface area contributed by atoms with Crippen molar-refractivity contribution in [1.29, 1.82) is 0 Å². The van der Waals surface area contributed by atoms with Crippen LogP contribution in [0.3, 0.4) is 0 Å². The van der Waals surface area contributed by atoms with Gasteiger partial charge in [-0.2, -0.15) is 0 Å². The molecule has 1 N–H and O–H groups in total. The molecule has 2 aromatic heterocycles. The molecule has 3 heteroatoms. The minimum atomic E-state index is 0.580. The van der Waals surface area contributed by atoms with E-state index >= 15 is 0 Å². The zero-order valence-corrected chi connectivity index (χ0v) is 12.3. The van der Waals surface area contributed by atoms with Crippen molar-refractivity contribution >= 4 is 22.7 Å². The molecule has 1 nitrogen and oxygen atoms in total. The molecule has 18 heavy (non-hydrogen) atoms. The maximum atomic E-state index is 3.78. The van der Waals surface area contributed by atoms with Gasteiger partial charge in [-0.05, 0) is 53.6 Å². The van der Waals surface area contributed by atoms with Crippen molar-refractivity contribution in [1.82, 2.24) is 5.32 Å². The van der Waals surface area contributed by atoms with Gasteiger partial charge < -0.3 is 5.32 Å². The van der Waals surface area contributed by atoms with Crippen molar-refractivity contribution < 1.29 is 0 Å². The molecule has 3 rings (SSSR count). The second-order valence-corrected chi connectivity index (χ2v) is 6.91. The fourth-order valence-corrected chi connectivity index (χ4v) is 4.26. The van der Waals surface area contributed by atoms with Gasteiger partial charge in [-0.3, -0.25) is 0 Å². The molecule has 0 amide bonds. The molecule has 0 bridgehead atoms. The van der Waals surface area contributed by atoms with Gasteiger partial charge in [0.1, 0.15) is 0 Å². The first kappa shape index (κ1) is 12.4. The molecular weight excluding hydrogens is 258 g/mol. The molecule has 0 saturated heterocycles. The van der Waals surface area contributed by atoms with Crippen molar-refractivity contribution in [3.05, 3.63) is 44.3 Å². The number of hydrogen-bond donors (Lipinski definition) is 1. The fourth-order valence-electron chi connectivity index (χ4n) is 2.44. The predicted molar refractivity (Wildman–Crippen MR) is 80.3 cm³/mol. The Kier molecular flexibility index (Phi) is 3.83. The zero-order chi connectivity index (χ0) is 12.4. The van der Waals surface area contributed by atoms with Gasteiger partial charge in [0.25, 0.3) is 0 Å². The van der Waals surface area contributed by atoms with Crippen molar-refractivity contribution in [3.63, 3.8) is 0 Å². The van der Waals surface area contributed by atoms with Crippen LogP contribution in [0.1, 0.15) is 41.1 Å². The van der Waals surface area contributed by atoms with Gasteiger partial charge in [-0.15, -0.1) is 22.7 Å². The third-order valence-corrected chi connectivity index (χ3v) is 5.56. The molecule has 96 valence electrons. The van der Waals surface area contributed by atoms with Crippen molar-refractivity contribution in [2.75, 3.05) is 0 Å². The Morgan fingerprint density at radius 3 is 2.83 bits per heavy atom. The van der Waals surface area contributed by atoms with E-state index in [1.807, 2.05) is 22.7 Å². The molecule has 1 fully saturated rings. The highest BCUT2D eigenvalue weighted by molar-refractivity contribution is 7.10. The maximum Gasteiger partial charge on any atom is 0.0446 e. The minimum Gasteiger partial charge on any atom is -0.304 e. The summed E-state index contributed by atoms with van der Waals surface area (Å²) in [6.45, 7) is 3.27. The van der Waals surface area contributed by atoms with Gasteiger partial charge in [0.2, 0.25) is 0 Å². The second kappa shape index (κ2) is 5.55. The van der Waals surface area contributed by atoms with Gasteiger partial charge in [0, 0.05) is 22.3 Å². The number of aryl methyl sites for hydroxylation is 1. The Balaban J connectivity index is 1.67. The quantitative estimate of drug-likeness (QED) is 0.813. The summed E-state index contributed by atoms with van der Waals surface area (Å²) in [6.07, 6.45) is 3.93. The van der Waals surface area contributed by atoms with E-state index in [1.54, 1.807) is 0 Å². The smallest absolute Gasteiger partial charge is 0.0446 e. The van der Waals surface area contributed by atoms with E-state index in [2.05, 4.69) is 41.2 Å². The third kappa shape index (κ3) is 2.68. The lowest BCUT2D eigenvalue weighted by molar-refractivity contribution is 0.489. The second-order valence-electron chi connectivity index (χ2n) is 4.93. The zero-order valence-electron chi connectivity index (χ0n) is 10.7. The molecule has 1 saturated carbocycles. The minimum absolute atomic E-state index is 0.580. The third-order valence-electron chi connectivity index (χ3n) is 3.64. The van der Waals surface area contributed by atoms with E-state index in [4.69, 9.17) is 0 Å². The highest BCUT2D eigenvalue weighted by Crippen LogP contribution is 2.42. The Labute approximate surface area is 117 Å². The van der Waals surface area contributed by atoms with Crippen LogP contribution < -0.4 is 5.32 Å². The summed E-state index contributed by atoms with van der Waals surface area (Å²) >= 11 is 3.77. The molecule has 1 aliphatic carbocycles. The van der Waals surface area contributed by atoms with Crippen LogP contribution in [0.4, 0.5) is 0 Å². The van der Waals surface area contributed by atoms with E-state index in [0.29, 0.717) is 6.04 Å². The molecule has 0 radical (unpaired) electrons. The first-order valence-electron chi connectivity index (χ1n) is 6.70. The van der Waals surface area contributed by atoms with E-state index in [9.17, 15) is 0 Å². The summed E-state index contributed by atoms with van der Waals surface area (Å²) in [5, 5.41) is 8.19. The monoisotopic (exact) mass is 277 g/mol. The van der Waals surface area contributed by atoms with Crippen LogP contribution in [0, 0.1) is 5.92 Å². The Hall–Kier alpha value is -0.640. The average molecular weight is 277 g/mol. The summed E-state index contributed by atoms with van der Waals surface area (Å²) in [6, 6.07) is 7.28. The lowest BCUT2D eigenvalue weighted by Gasteiger charge is -2.16. The van der Waals surface area contributed by atoms with Crippen LogP contribution >= 0.6 is 22.7 Å². The molecule has 0 aliphatic heterocycles. The molecule has 2 aromatic rings. The lowest BCUT2D eigenvalue weighted by Crippen LogP contribution is -2.21. The van der Waals surface area contributed by atoms with Crippen LogP contribution in [0.25, 0.3) is 0 Å². The summed E-state index contributed by atoms with van der Waals surface area (Å²) in [5.41, 5.74) is 1.51. The molecule has 2 heterocycles. The fraction of sp³-hybridized carbons (Fsp3) is 0.467. The molecule has 0 aromatic carbocycles. The van der Waals surface area contributed by atoms with E-state index in [1.165, 1.54) is 28.2 Å². The van der Waals surface area contributed by atoms with Crippen LogP contribution in [-0.4, -0.2) is 0 Å². The molecule has 1 unspecified atom stereocenters. The number of rotatable bonds is 6. The SMILES string of the molecule is CCc1ccsc1CNC(c1cccs1)C1CC1. The Morgan fingerprint density at radius 2 is 2.17 bits per heavy atom. The number of hydrogen-bond acceptors (Lipinski definition) is 3. The maximum absolute atomic E-state index is 3.78. The summed E-state index contributed by atoms with van der Waals surface area (Å²) < 4.78 is 0.